The fraction of sp³-hybridized carbons (Fsp3) is 0. The van der Waals surface area contributed by atoms with Crippen molar-refractivity contribution >= 4 is 16.7 Å². The molecule has 0 N–H and O–H groups in total. The average Bonchev–Trinajstić information content (AvgIpc) is 2.50. The zero-order valence-corrected chi connectivity index (χ0v) is 5.39. The highest BCUT2D eigenvalue weighted by Crippen LogP contribution is 2.21. The van der Waals surface area contributed by atoms with Crippen LogP contribution in [-0.2, 0) is 0 Å². The van der Waals surface area contributed by atoms with E-state index in [9.17, 15) is 4.91 Å². The smallest absolute Gasteiger partial charge is 0.164 e. The van der Waals surface area contributed by atoms with Crippen molar-refractivity contribution in [1.29, 1.82) is 0 Å². The number of fused-ring (bicyclic) bond motifs is 1. The third kappa shape index (κ3) is 0.778. The Labute approximate surface area is 60.9 Å². The van der Waals surface area contributed by atoms with E-state index in [4.69, 9.17) is 0 Å². The summed E-state index contributed by atoms with van der Waals surface area (Å²) < 4.78 is 4.41. The minimum absolute atomic E-state index is 0.253. The van der Waals surface area contributed by atoms with E-state index in [1.165, 1.54) is 0 Å². The molecule has 5 heteroatoms. The third-order valence-corrected chi connectivity index (χ3v) is 1.36. The van der Waals surface area contributed by atoms with Crippen molar-refractivity contribution in [2.75, 3.05) is 0 Å². The molecule has 0 atom stereocenters. The van der Waals surface area contributed by atoms with Crippen LogP contribution in [0.5, 0.6) is 0 Å². The fourth-order valence-corrected chi connectivity index (χ4v) is 0.866. The van der Waals surface area contributed by atoms with Crippen molar-refractivity contribution in [3.05, 3.63) is 23.1 Å². The van der Waals surface area contributed by atoms with Crippen LogP contribution < -0.4 is 0 Å². The highest BCUT2D eigenvalue weighted by molar-refractivity contribution is 5.84. The second kappa shape index (κ2) is 2.12. The van der Waals surface area contributed by atoms with E-state index in [1.54, 1.807) is 18.2 Å². The van der Waals surface area contributed by atoms with Crippen LogP contribution in [0.2, 0.25) is 0 Å². The quantitative estimate of drug-likeness (QED) is 0.577. The van der Waals surface area contributed by atoms with Gasteiger partial charge >= 0.3 is 0 Å². The lowest BCUT2D eigenvalue weighted by molar-refractivity contribution is 0.315. The average molecular weight is 149 g/mol. The summed E-state index contributed by atoms with van der Waals surface area (Å²) in [6, 6.07) is 4.92. The maximum atomic E-state index is 10.2. The Balaban J connectivity index is 2.88. The molecule has 11 heavy (non-hydrogen) atoms. The van der Waals surface area contributed by atoms with Crippen LogP contribution >= 0.6 is 0 Å². The maximum Gasteiger partial charge on any atom is 0.164 e. The first-order chi connectivity index (χ1) is 5.42. The lowest BCUT2D eigenvalue weighted by atomic mass is 10.3. The monoisotopic (exact) mass is 149 g/mol. The SMILES string of the molecule is O=Nc1cccc2nonc12. The van der Waals surface area contributed by atoms with Gasteiger partial charge in [-0.1, -0.05) is 6.07 Å². The molecule has 0 aliphatic heterocycles. The van der Waals surface area contributed by atoms with Gasteiger partial charge in [-0.3, -0.25) is 0 Å². The summed E-state index contributed by atoms with van der Waals surface area (Å²) in [6.07, 6.45) is 0. The van der Waals surface area contributed by atoms with Crippen molar-refractivity contribution in [2.45, 2.75) is 0 Å². The molecule has 0 fully saturated rings. The van der Waals surface area contributed by atoms with Crippen molar-refractivity contribution in [3.63, 3.8) is 0 Å². The van der Waals surface area contributed by atoms with Gasteiger partial charge in [-0.15, -0.1) is 4.91 Å². The van der Waals surface area contributed by atoms with Gasteiger partial charge in [0.05, 0.1) is 0 Å². The summed E-state index contributed by atoms with van der Waals surface area (Å²) in [7, 11) is 0. The second-order valence-corrected chi connectivity index (χ2v) is 2.00. The van der Waals surface area contributed by atoms with Gasteiger partial charge in [0, 0.05) is 0 Å². The Morgan fingerprint density at radius 2 is 2.27 bits per heavy atom. The van der Waals surface area contributed by atoms with Gasteiger partial charge < -0.3 is 0 Å². The molecule has 0 bridgehead atoms. The molecule has 0 saturated heterocycles. The number of hydrogen-bond acceptors (Lipinski definition) is 5. The Morgan fingerprint density at radius 3 is 3.09 bits per heavy atom. The Morgan fingerprint density at radius 1 is 1.36 bits per heavy atom. The first kappa shape index (κ1) is 5.96. The Hall–Kier alpha value is -1.78. The lowest BCUT2D eigenvalue weighted by Gasteiger charge is -1.84. The molecule has 2 aromatic rings. The van der Waals surface area contributed by atoms with Crippen molar-refractivity contribution < 1.29 is 4.63 Å². The topological polar surface area (TPSA) is 68.3 Å². The summed E-state index contributed by atoms with van der Waals surface area (Å²) in [6.45, 7) is 0. The van der Waals surface area contributed by atoms with Crippen molar-refractivity contribution in [2.24, 2.45) is 5.18 Å². The predicted molar refractivity (Wildman–Crippen MR) is 37.3 cm³/mol. The molecular weight excluding hydrogens is 146 g/mol. The molecule has 0 saturated carbocycles. The lowest BCUT2D eigenvalue weighted by Crippen LogP contribution is -1.68. The molecule has 1 aromatic heterocycles. The minimum atomic E-state index is 0.253. The second-order valence-electron chi connectivity index (χ2n) is 2.00. The van der Waals surface area contributed by atoms with Gasteiger partial charge in [0.2, 0.25) is 0 Å². The first-order valence-corrected chi connectivity index (χ1v) is 2.96. The van der Waals surface area contributed by atoms with Crippen LogP contribution in [0.25, 0.3) is 11.0 Å². The summed E-state index contributed by atoms with van der Waals surface area (Å²) in [4.78, 5) is 10.2. The predicted octanol–water partition coefficient (Wildman–Crippen LogP) is 1.62. The van der Waals surface area contributed by atoms with Gasteiger partial charge in [-0.05, 0) is 27.6 Å². The van der Waals surface area contributed by atoms with E-state index in [2.05, 4.69) is 20.1 Å². The molecular formula is C6H3N3O2. The molecule has 0 amide bonds. The van der Waals surface area contributed by atoms with E-state index in [-0.39, 0.29) is 5.69 Å². The van der Waals surface area contributed by atoms with Gasteiger partial charge in [0.15, 0.2) is 5.52 Å². The zero-order chi connectivity index (χ0) is 7.68. The van der Waals surface area contributed by atoms with Gasteiger partial charge in [-0.25, -0.2) is 4.63 Å². The molecule has 54 valence electrons. The molecule has 1 heterocycles. The standard InChI is InChI=1S/C6H3N3O2/c10-7-4-2-1-3-5-6(4)9-11-8-5/h1-3H. The first-order valence-electron chi connectivity index (χ1n) is 2.96. The van der Waals surface area contributed by atoms with Crippen LogP contribution in [-0.4, -0.2) is 10.3 Å². The molecule has 0 spiro atoms. The molecule has 0 unspecified atom stereocenters. The number of hydrogen-bond donors (Lipinski definition) is 0. The molecule has 0 radical (unpaired) electrons. The number of benzene rings is 1. The number of aromatic nitrogens is 2. The number of nitrogens with zero attached hydrogens (tertiary/aromatic N) is 3. The van der Waals surface area contributed by atoms with Crippen LogP contribution in [0.3, 0.4) is 0 Å². The highest BCUT2D eigenvalue weighted by Gasteiger charge is 2.04. The van der Waals surface area contributed by atoms with E-state index in [1.807, 2.05) is 0 Å². The minimum Gasteiger partial charge on any atom is -0.243 e. The number of nitroso groups, excluding NO2 is 1. The van der Waals surface area contributed by atoms with Crippen molar-refractivity contribution in [3.8, 4) is 0 Å². The summed E-state index contributed by atoms with van der Waals surface area (Å²) in [5.74, 6) is 0. The summed E-state index contributed by atoms with van der Waals surface area (Å²) >= 11 is 0. The Bertz CT molecular complexity index is 395. The molecule has 1 aromatic carbocycles. The Kier molecular flexibility index (Phi) is 1.15. The molecule has 0 aliphatic rings. The molecule has 0 aliphatic carbocycles. The zero-order valence-electron chi connectivity index (χ0n) is 5.39. The largest absolute Gasteiger partial charge is 0.243 e. The summed E-state index contributed by atoms with van der Waals surface area (Å²) in [5, 5.41) is 9.81. The van der Waals surface area contributed by atoms with E-state index in [0.29, 0.717) is 11.0 Å². The van der Waals surface area contributed by atoms with Gasteiger partial charge in [0.25, 0.3) is 0 Å². The van der Waals surface area contributed by atoms with E-state index in [0.717, 1.165) is 0 Å². The fourth-order valence-electron chi connectivity index (χ4n) is 0.866. The normalized spacial score (nSPS) is 10.2. The molecule has 2 rings (SSSR count). The van der Waals surface area contributed by atoms with Crippen molar-refractivity contribution in [1.82, 2.24) is 10.3 Å². The molecule has 5 nitrogen and oxygen atoms in total. The maximum absolute atomic E-state index is 10.2. The van der Waals surface area contributed by atoms with E-state index >= 15 is 0 Å². The summed E-state index contributed by atoms with van der Waals surface area (Å²) in [5.41, 5.74) is 1.20. The van der Waals surface area contributed by atoms with E-state index < -0.39 is 0 Å². The van der Waals surface area contributed by atoms with Crippen LogP contribution in [0.1, 0.15) is 0 Å². The van der Waals surface area contributed by atoms with Crippen LogP contribution in [0.4, 0.5) is 5.69 Å². The van der Waals surface area contributed by atoms with Crippen LogP contribution in [0, 0.1) is 4.91 Å². The highest BCUT2D eigenvalue weighted by atomic mass is 16.6. The third-order valence-electron chi connectivity index (χ3n) is 1.36. The van der Waals surface area contributed by atoms with Crippen LogP contribution in [0.15, 0.2) is 28.0 Å². The van der Waals surface area contributed by atoms with Gasteiger partial charge in [0.1, 0.15) is 11.2 Å². The number of rotatable bonds is 1. The van der Waals surface area contributed by atoms with Gasteiger partial charge in [-0.2, -0.15) is 0 Å².